The average molecular weight is 588 g/mol. The first-order valence-corrected chi connectivity index (χ1v) is 12.0. The van der Waals surface area contributed by atoms with Crippen LogP contribution in [0.15, 0.2) is 77.3 Å². The zero-order valence-corrected chi connectivity index (χ0v) is 20.2. The Hall–Kier alpha value is -1.76. The van der Waals surface area contributed by atoms with Crippen LogP contribution < -0.4 is 4.90 Å². The number of imide groups is 1. The van der Waals surface area contributed by atoms with Crippen molar-refractivity contribution in [3.05, 3.63) is 99.5 Å². The first kappa shape index (κ1) is 19.0. The molecule has 3 aromatic rings. The fourth-order valence-electron chi connectivity index (χ4n) is 5.51. The highest BCUT2D eigenvalue weighted by molar-refractivity contribution is 9.10. The highest BCUT2D eigenvalue weighted by Gasteiger charge is 2.72. The molecule has 0 spiro atoms. The topological polar surface area (TPSA) is 37.4 Å². The Labute approximate surface area is 198 Å². The van der Waals surface area contributed by atoms with E-state index >= 15 is 0 Å². The first-order valence-electron chi connectivity index (χ1n) is 9.61. The SMILES string of the molecule is O=C1[C@@H]2[C@@H](C(=O)N1c1ccc(Br)cc1)C1(Br)c3ccccc3C2(Br)c2ccccc21. The van der Waals surface area contributed by atoms with Crippen molar-refractivity contribution in [2.24, 2.45) is 11.8 Å². The molecule has 0 N–H and O–H groups in total. The summed E-state index contributed by atoms with van der Waals surface area (Å²) in [4.78, 5) is 29.0. The summed E-state index contributed by atoms with van der Waals surface area (Å²) >= 11 is 11.5. The van der Waals surface area contributed by atoms with E-state index < -0.39 is 20.5 Å². The molecule has 2 amide bonds. The maximum atomic E-state index is 13.8. The number of carbonyl (C=O) groups excluding carboxylic acids is 2. The van der Waals surface area contributed by atoms with Crippen molar-refractivity contribution in [1.29, 1.82) is 0 Å². The van der Waals surface area contributed by atoms with Gasteiger partial charge in [0.15, 0.2) is 0 Å². The molecular formula is C24H14Br3NO2. The van der Waals surface area contributed by atoms with Gasteiger partial charge in [-0.3, -0.25) is 9.59 Å². The Bertz CT molecular complexity index is 1130. The van der Waals surface area contributed by atoms with Crippen molar-refractivity contribution < 1.29 is 9.59 Å². The van der Waals surface area contributed by atoms with E-state index in [0.29, 0.717) is 5.69 Å². The molecule has 1 heterocycles. The monoisotopic (exact) mass is 585 g/mol. The molecule has 0 saturated carbocycles. The zero-order valence-electron chi connectivity index (χ0n) is 15.5. The molecule has 0 radical (unpaired) electrons. The number of hydrogen-bond donors (Lipinski definition) is 0. The molecule has 1 aliphatic heterocycles. The van der Waals surface area contributed by atoms with Gasteiger partial charge in [0.05, 0.1) is 26.2 Å². The maximum absolute atomic E-state index is 13.8. The molecule has 2 bridgehead atoms. The quantitative estimate of drug-likeness (QED) is 0.264. The number of alkyl halides is 2. The van der Waals surface area contributed by atoms with Gasteiger partial charge in [0.2, 0.25) is 11.8 Å². The Balaban J connectivity index is 1.66. The number of rotatable bonds is 1. The zero-order chi connectivity index (χ0) is 20.8. The minimum Gasteiger partial charge on any atom is -0.274 e. The molecule has 3 nitrogen and oxygen atoms in total. The fourth-order valence-corrected chi connectivity index (χ4v) is 8.08. The van der Waals surface area contributed by atoms with Gasteiger partial charge >= 0.3 is 0 Å². The highest BCUT2D eigenvalue weighted by Crippen LogP contribution is 2.70. The predicted molar refractivity (Wildman–Crippen MR) is 126 cm³/mol. The average Bonchev–Trinajstić information content (AvgIpc) is 3.04. The Morgan fingerprint density at radius 1 is 0.633 bits per heavy atom. The van der Waals surface area contributed by atoms with E-state index in [1.807, 2.05) is 36.4 Å². The lowest BCUT2D eigenvalue weighted by molar-refractivity contribution is -0.122. The third-order valence-corrected chi connectivity index (χ3v) is 9.89. The standard InChI is InChI=1S/C24H14Br3NO2/c25-13-9-11-14(12-10-13)28-21(29)19-20(22(28)30)24(27)16-6-2-1-5-15(16)23(19,26)17-7-3-4-8-18(17)24/h1-12,19-20H/t19-,20-,23?,24?/m0/s1. The van der Waals surface area contributed by atoms with Crippen LogP contribution in [-0.2, 0) is 18.2 Å². The number of amides is 2. The lowest BCUT2D eigenvalue weighted by Gasteiger charge is -2.55. The van der Waals surface area contributed by atoms with E-state index in [1.165, 1.54) is 4.90 Å². The Morgan fingerprint density at radius 2 is 1.00 bits per heavy atom. The third-order valence-electron chi connectivity index (χ3n) is 6.67. The van der Waals surface area contributed by atoms with Gasteiger partial charge in [-0.1, -0.05) is 96.3 Å². The molecule has 4 aliphatic rings. The van der Waals surface area contributed by atoms with Gasteiger partial charge in [-0.2, -0.15) is 0 Å². The molecule has 148 valence electrons. The predicted octanol–water partition coefficient (Wildman–Crippen LogP) is 5.86. The van der Waals surface area contributed by atoms with Crippen LogP contribution >= 0.6 is 47.8 Å². The second-order valence-electron chi connectivity index (χ2n) is 7.96. The van der Waals surface area contributed by atoms with E-state index in [4.69, 9.17) is 0 Å². The minimum absolute atomic E-state index is 0.169. The summed E-state index contributed by atoms with van der Waals surface area (Å²) in [7, 11) is 0. The van der Waals surface area contributed by atoms with Gasteiger partial charge in [0.1, 0.15) is 0 Å². The first-order chi connectivity index (χ1) is 14.4. The molecule has 1 fully saturated rings. The molecule has 1 saturated heterocycles. The van der Waals surface area contributed by atoms with E-state index in [1.54, 1.807) is 12.1 Å². The molecule has 2 atom stereocenters. The summed E-state index contributed by atoms with van der Waals surface area (Å²) in [6.45, 7) is 0. The molecule has 3 aromatic carbocycles. The molecule has 0 aromatic heterocycles. The van der Waals surface area contributed by atoms with E-state index in [9.17, 15) is 9.59 Å². The van der Waals surface area contributed by atoms with Gasteiger partial charge in [-0.15, -0.1) is 0 Å². The number of nitrogens with zero attached hydrogens (tertiary/aromatic N) is 1. The smallest absolute Gasteiger partial charge is 0.239 e. The summed E-state index contributed by atoms with van der Waals surface area (Å²) in [5.41, 5.74) is 4.77. The Kier molecular flexibility index (Phi) is 3.89. The van der Waals surface area contributed by atoms with Crippen LogP contribution in [0.3, 0.4) is 0 Å². The summed E-state index contributed by atoms with van der Waals surface area (Å²) in [5, 5.41) is 0. The summed E-state index contributed by atoms with van der Waals surface area (Å²) in [6, 6.07) is 23.5. The van der Waals surface area contributed by atoms with Crippen molar-refractivity contribution in [2.45, 2.75) is 8.65 Å². The second kappa shape index (κ2) is 6.15. The van der Waals surface area contributed by atoms with Crippen LogP contribution in [-0.4, -0.2) is 11.8 Å². The summed E-state index contributed by atoms with van der Waals surface area (Å²) in [5.74, 6) is -1.43. The van der Waals surface area contributed by atoms with E-state index in [-0.39, 0.29) is 11.8 Å². The highest BCUT2D eigenvalue weighted by atomic mass is 79.9. The Morgan fingerprint density at radius 3 is 1.37 bits per heavy atom. The van der Waals surface area contributed by atoms with Crippen LogP contribution in [0, 0.1) is 11.8 Å². The molecule has 7 rings (SSSR count). The van der Waals surface area contributed by atoms with Crippen molar-refractivity contribution >= 4 is 65.3 Å². The molecule has 0 unspecified atom stereocenters. The fraction of sp³-hybridized carbons (Fsp3) is 0.167. The van der Waals surface area contributed by atoms with Crippen molar-refractivity contribution in [1.82, 2.24) is 0 Å². The van der Waals surface area contributed by atoms with Gasteiger partial charge in [0, 0.05) is 4.47 Å². The minimum atomic E-state index is -0.753. The van der Waals surface area contributed by atoms with Crippen molar-refractivity contribution in [3.63, 3.8) is 0 Å². The number of halogens is 3. The summed E-state index contributed by atoms with van der Waals surface area (Å²) < 4.78 is -0.606. The van der Waals surface area contributed by atoms with Gasteiger partial charge in [-0.25, -0.2) is 4.90 Å². The summed E-state index contributed by atoms with van der Waals surface area (Å²) in [6.07, 6.45) is 0. The van der Waals surface area contributed by atoms with E-state index in [2.05, 4.69) is 72.1 Å². The second-order valence-corrected chi connectivity index (χ2v) is 11.4. The largest absolute Gasteiger partial charge is 0.274 e. The van der Waals surface area contributed by atoms with Crippen LogP contribution in [0.5, 0.6) is 0 Å². The lowest BCUT2D eigenvalue weighted by Crippen LogP contribution is -2.56. The number of benzene rings is 3. The molecule has 30 heavy (non-hydrogen) atoms. The van der Waals surface area contributed by atoms with Gasteiger partial charge in [0.25, 0.3) is 0 Å². The molecule has 3 aliphatic carbocycles. The number of anilines is 1. The lowest BCUT2D eigenvalue weighted by atomic mass is 9.54. The van der Waals surface area contributed by atoms with Crippen molar-refractivity contribution in [3.8, 4) is 0 Å². The van der Waals surface area contributed by atoms with Crippen LogP contribution in [0.25, 0.3) is 0 Å². The van der Waals surface area contributed by atoms with E-state index in [0.717, 1.165) is 26.7 Å². The molecular weight excluding hydrogens is 574 g/mol. The number of hydrogen-bond acceptors (Lipinski definition) is 2. The third kappa shape index (κ3) is 2.05. The van der Waals surface area contributed by atoms with Crippen LogP contribution in [0.1, 0.15) is 22.3 Å². The number of carbonyl (C=O) groups is 2. The van der Waals surface area contributed by atoms with Crippen LogP contribution in [0.4, 0.5) is 5.69 Å². The van der Waals surface area contributed by atoms with Gasteiger partial charge < -0.3 is 0 Å². The van der Waals surface area contributed by atoms with Crippen molar-refractivity contribution in [2.75, 3.05) is 4.90 Å². The normalized spacial score (nSPS) is 30.8. The maximum Gasteiger partial charge on any atom is 0.239 e. The van der Waals surface area contributed by atoms with Crippen LogP contribution in [0.2, 0.25) is 0 Å². The van der Waals surface area contributed by atoms with Gasteiger partial charge in [-0.05, 0) is 46.5 Å². The molecule has 6 heteroatoms.